The van der Waals surface area contributed by atoms with Crippen LogP contribution in [0.1, 0.15) is 34.7 Å². The lowest BCUT2D eigenvalue weighted by Gasteiger charge is -2.18. The van der Waals surface area contributed by atoms with Crippen molar-refractivity contribution in [2.75, 3.05) is 7.05 Å². The van der Waals surface area contributed by atoms with Crippen LogP contribution in [0.15, 0.2) is 42.7 Å². The first kappa shape index (κ1) is 11.4. The van der Waals surface area contributed by atoms with Gasteiger partial charge in [0.15, 0.2) is 0 Å². The van der Waals surface area contributed by atoms with Gasteiger partial charge in [0.05, 0.1) is 6.04 Å². The van der Waals surface area contributed by atoms with E-state index in [0.29, 0.717) is 0 Å². The van der Waals surface area contributed by atoms with E-state index in [2.05, 4.69) is 40.6 Å². The fourth-order valence-electron chi connectivity index (χ4n) is 2.85. The maximum Gasteiger partial charge on any atom is 0.0575 e. The standard InChI is InChI=1S/C16H18N2/c1-17-16(13-7-9-18-10-8-13)15-6-5-12-3-2-4-14(12)11-15/h5-11,16-17H,2-4H2,1H3. The average molecular weight is 238 g/mol. The van der Waals surface area contributed by atoms with Gasteiger partial charge in [-0.25, -0.2) is 0 Å². The normalized spacial score (nSPS) is 15.4. The number of hydrogen-bond acceptors (Lipinski definition) is 2. The van der Waals surface area contributed by atoms with Gasteiger partial charge >= 0.3 is 0 Å². The molecule has 1 aromatic heterocycles. The van der Waals surface area contributed by atoms with E-state index in [1.54, 1.807) is 0 Å². The van der Waals surface area contributed by atoms with Crippen LogP contribution in [0.4, 0.5) is 0 Å². The van der Waals surface area contributed by atoms with Crippen LogP contribution in [0.25, 0.3) is 0 Å². The maximum absolute atomic E-state index is 4.09. The molecule has 18 heavy (non-hydrogen) atoms. The lowest BCUT2D eigenvalue weighted by atomic mass is 9.96. The summed E-state index contributed by atoms with van der Waals surface area (Å²) in [5, 5.41) is 3.40. The van der Waals surface area contributed by atoms with E-state index in [1.165, 1.54) is 41.5 Å². The summed E-state index contributed by atoms with van der Waals surface area (Å²) in [4.78, 5) is 4.09. The van der Waals surface area contributed by atoms with Crippen LogP contribution < -0.4 is 5.32 Å². The van der Waals surface area contributed by atoms with Gasteiger partial charge in [-0.05, 0) is 60.7 Å². The van der Waals surface area contributed by atoms with E-state index in [4.69, 9.17) is 0 Å². The topological polar surface area (TPSA) is 24.9 Å². The Kier molecular flexibility index (Phi) is 3.11. The third kappa shape index (κ3) is 2.04. The number of pyridine rings is 1. The van der Waals surface area contributed by atoms with Crippen LogP contribution in [0.5, 0.6) is 0 Å². The summed E-state index contributed by atoms with van der Waals surface area (Å²) < 4.78 is 0. The predicted octanol–water partition coefficient (Wildman–Crippen LogP) is 2.88. The summed E-state index contributed by atoms with van der Waals surface area (Å²) >= 11 is 0. The number of hydrogen-bond donors (Lipinski definition) is 1. The van der Waals surface area contributed by atoms with Gasteiger partial charge in [-0.2, -0.15) is 0 Å². The van der Waals surface area contributed by atoms with Crippen molar-refractivity contribution in [1.29, 1.82) is 0 Å². The van der Waals surface area contributed by atoms with Crippen molar-refractivity contribution >= 4 is 0 Å². The largest absolute Gasteiger partial charge is 0.309 e. The van der Waals surface area contributed by atoms with Crippen LogP contribution in [0.2, 0.25) is 0 Å². The summed E-state index contributed by atoms with van der Waals surface area (Å²) in [6, 6.07) is 11.3. The van der Waals surface area contributed by atoms with E-state index in [9.17, 15) is 0 Å². The fourth-order valence-corrected chi connectivity index (χ4v) is 2.85. The van der Waals surface area contributed by atoms with Crippen LogP contribution in [0, 0.1) is 0 Å². The highest BCUT2D eigenvalue weighted by molar-refractivity contribution is 5.39. The predicted molar refractivity (Wildman–Crippen MR) is 73.6 cm³/mol. The number of nitrogens with zero attached hydrogens (tertiary/aromatic N) is 1. The van der Waals surface area contributed by atoms with Gasteiger partial charge in [-0.3, -0.25) is 4.98 Å². The highest BCUT2D eigenvalue weighted by atomic mass is 14.9. The molecule has 0 fully saturated rings. The molecular formula is C16H18N2. The van der Waals surface area contributed by atoms with Gasteiger partial charge in [-0.15, -0.1) is 0 Å². The molecule has 1 aromatic carbocycles. The van der Waals surface area contributed by atoms with Crippen molar-refractivity contribution in [1.82, 2.24) is 10.3 Å². The average Bonchev–Trinajstić information content (AvgIpc) is 2.88. The van der Waals surface area contributed by atoms with E-state index in [-0.39, 0.29) is 6.04 Å². The molecule has 1 N–H and O–H groups in total. The maximum atomic E-state index is 4.09. The monoisotopic (exact) mass is 238 g/mol. The minimum atomic E-state index is 0.263. The van der Waals surface area contributed by atoms with Crippen molar-refractivity contribution in [2.45, 2.75) is 25.3 Å². The Morgan fingerprint density at radius 3 is 2.56 bits per heavy atom. The van der Waals surface area contributed by atoms with Gasteiger partial charge < -0.3 is 5.32 Å². The van der Waals surface area contributed by atoms with E-state index in [0.717, 1.165) is 0 Å². The highest BCUT2D eigenvalue weighted by Gasteiger charge is 2.16. The summed E-state index contributed by atoms with van der Waals surface area (Å²) in [5.41, 5.74) is 5.68. The first-order valence-electron chi connectivity index (χ1n) is 6.57. The molecule has 2 nitrogen and oxygen atoms in total. The Bertz CT molecular complexity index is 534. The van der Waals surface area contributed by atoms with Crippen LogP contribution in [0.3, 0.4) is 0 Å². The summed E-state index contributed by atoms with van der Waals surface area (Å²) in [6.45, 7) is 0. The second-order valence-corrected chi connectivity index (χ2v) is 4.88. The Labute approximate surface area is 108 Å². The molecule has 1 atom stereocenters. The molecule has 2 heteroatoms. The number of aromatic nitrogens is 1. The number of benzene rings is 1. The van der Waals surface area contributed by atoms with Gasteiger partial charge in [0, 0.05) is 12.4 Å². The Morgan fingerprint density at radius 1 is 1.00 bits per heavy atom. The van der Waals surface area contributed by atoms with Gasteiger partial charge in [0.2, 0.25) is 0 Å². The molecule has 0 saturated heterocycles. The van der Waals surface area contributed by atoms with Crippen molar-refractivity contribution < 1.29 is 0 Å². The van der Waals surface area contributed by atoms with Gasteiger partial charge in [0.25, 0.3) is 0 Å². The first-order chi connectivity index (χ1) is 8.88. The van der Waals surface area contributed by atoms with Crippen LogP contribution >= 0.6 is 0 Å². The molecule has 0 aliphatic heterocycles. The molecule has 0 bridgehead atoms. The van der Waals surface area contributed by atoms with Gasteiger partial charge in [0.1, 0.15) is 0 Å². The molecule has 0 spiro atoms. The highest BCUT2D eigenvalue weighted by Crippen LogP contribution is 2.28. The zero-order valence-electron chi connectivity index (χ0n) is 10.7. The summed E-state index contributed by atoms with van der Waals surface area (Å²) in [7, 11) is 2.01. The third-order valence-electron chi connectivity index (χ3n) is 3.78. The van der Waals surface area contributed by atoms with Crippen molar-refractivity contribution in [3.63, 3.8) is 0 Å². The summed E-state index contributed by atoms with van der Waals surface area (Å²) in [6.07, 6.45) is 7.49. The molecule has 2 aromatic rings. The molecule has 3 rings (SSSR count). The Morgan fingerprint density at radius 2 is 1.78 bits per heavy atom. The molecular weight excluding hydrogens is 220 g/mol. The van der Waals surface area contributed by atoms with E-state index in [1.807, 2.05) is 19.4 Å². The van der Waals surface area contributed by atoms with Gasteiger partial charge in [-0.1, -0.05) is 18.2 Å². The van der Waals surface area contributed by atoms with Crippen molar-refractivity contribution in [2.24, 2.45) is 0 Å². The lowest BCUT2D eigenvalue weighted by Crippen LogP contribution is -2.17. The van der Waals surface area contributed by atoms with E-state index >= 15 is 0 Å². The molecule has 0 amide bonds. The molecule has 0 saturated carbocycles. The molecule has 1 aliphatic carbocycles. The molecule has 0 radical (unpaired) electrons. The molecule has 1 aliphatic rings. The lowest BCUT2D eigenvalue weighted by molar-refractivity contribution is 0.690. The number of rotatable bonds is 3. The summed E-state index contributed by atoms with van der Waals surface area (Å²) in [5.74, 6) is 0. The quantitative estimate of drug-likeness (QED) is 0.889. The fraction of sp³-hybridized carbons (Fsp3) is 0.312. The number of fused-ring (bicyclic) bond motifs is 1. The van der Waals surface area contributed by atoms with Crippen molar-refractivity contribution in [3.05, 3.63) is 65.0 Å². The van der Waals surface area contributed by atoms with Crippen LogP contribution in [-0.2, 0) is 12.8 Å². The minimum Gasteiger partial charge on any atom is -0.309 e. The third-order valence-corrected chi connectivity index (χ3v) is 3.78. The number of nitrogens with one attached hydrogen (secondary N) is 1. The molecule has 92 valence electrons. The second-order valence-electron chi connectivity index (χ2n) is 4.88. The van der Waals surface area contributed by atoms with Crippen LogP contribution in [-0.4, -0.2) is 12.0 Å². The zero-order valence-corrected chi connectivity index (χ0v) is 10.7. The Balaban J connectivity index is 1.97. The smallest absolute Gasteiger partial charge is 0.0575 e. The number of aryl methyl sites for hydroxylation is 2. The molecule has 1 unspecified atom stereocenters. The second kappa shape index (κ2) is 4.91. The SMILES string of the molecule is CNC(c1ccncc1)c1ccc2c(c1)CCC2. The van der Waals surface area contributed by atoms with E-state index < -0.39 is 0 Å². The van der Waals surface area contributed by atoms with Crippen molar-refractivity contribution in [3.8, 4) is 0 Å². The minimum absolute atomic E-state index is 0.263. The zero-order chi connectivity index (χ0) is 12.4. The Hall–Kier alpha value is -1.67. The molecule has 1 heterocycles. The first-order valence-corrected chi connectivity index (χ1v) is 6.57.